The summed E-state index contributed by atoms with van der Waals surface area (Å²) in [4.78, 5) is 5.06. The lowest BCUT2D eigenvalue weighted by Crippen LogP contribution is -2.51. The normalized spacial score (nSPS) is 18.8. The predicted octanol–water partition coefficient (Wildman–Crippen LogP) is 5.95. The number of halogens is 1. The number of hydrogen-bond donors (Lipinski definition) is 2. The second-order valence-electron chi connectivity index (χ2n) is 9.90. The van der Waals surface area contributed by atoms with E-state index in [1.165, 1.54) is 6.07 Å². The predicted molar refractivity (Wildman–Crippen MR) is 150 cm³/mol. The van der Waals surface area contributed by atoms with Gasteiger partial charge in [-0.3, -0.25) is 4.99 Å². The highest BCUT2D eigenvalue weighted by atomic mass is 19.1. The van der Waals surface area contributed by atoms with Crippen LogP contribution in [-0.4, -0.2) is 26.2 Å². The van der Waals surface area contributed by atoms with E-state index in [2.05, 4.69) is 60.8 Å². The number of nitrogens with two attached hydrogens (primary N) is 1. The molecular weight excluding hydrogens is 477 g/mol. The van der Waals surface area contributed by atoms with Crippen molar-refractivity contribution in [3.63, 3.8) is 0 Å². The van der Waals surface area contributed by atoms with E-state index in [-0.39, 0.29) is 19.0 Å². The van der Waals surface area contributed by atoms with Crippen LogP contribution in [-0.2, 0) is 15.8 Å². The summed E-state index contributed by atoms with van der Waals surface area (Å²) in [5, 5.41) is 3.76. The number of methoxy groups -OCH3 is 1. The minimum Gasteiger partial charge on any atom is -0.497 e. The Morgan fingerprint density at radius 3 is 2.21 bits per heavy atom. The van der Waals surface area contributed by atoms with Crippen LogP contribution >= 0.6 is 0 Å². The van der Waals surface area contributed by atoms with E-state index in [1.54, 1.807) is 19.2 Å². The maximum atomic E-state index is 15.0. The Hall–Kier alpha value is -4.16. The maximum absolute atomic E-state index is 15.0. The van der Waals surface area contributed by atoms with E-state index in [0.29, 0.717) is 17.1 Å². The quantitative estimate of drug-likeness (QED) is 0.249. The number of benzene rings is 4. The lowest BCUT2D eigenvalue weighted by molar-refractivity contribution is 0.101. The van der Waals surface area contributed by atoms with Gasteiger partial charge in [-0.1, -0.05) is 72.3 Å². The van der Waals surface area contributed by atoms with Gasteiger partial charge in [-0.25, -0.2) is 4.39 Å². The first-order valence-electron chi connectivity index (χ1n) is 12.6. The molecule has 0 amide bonds. The number of anilines is 1. The van der Waals surface area contributed by atoms with Gasteiger partial charge in [0.05, 0.1) is 13.7 Å². The van der Waals surface area contributed by atoms with Gasteiger partial charge in [-0.2, -0.15) is 0 Å². The molecule has 5 rings (SSSR count). The molecule has 1 aliphatic rings. The summed E-state index contributed by atoms with van der Waals surface area (Å²) in [6.45, 7) is 4.44. The fraction of sp³-hybridized carbons (Fsp3) is 0.219. The summed E-state index contributed by atoms with van der Waals surface area (Å²) in [5.41, 5.74) is 9.36. The largest absolute Gasteiger partial charge is 0.497 e. The third kappa shape index (κ3) is 4.75. The Bertz CT molecular complexity index is 1440. The second-order valence-corrected chi connectivity index (χ2v) is 9.90. The second kappa shape index (κ2) is 10.3. The molecule has 5 nitrogen and oxygen atoms in total. The number of aliphatic imine (C=N–C) groups is 1. The molecule has 194 valence electrons. The van der Waals surface area contributed by atoms with Gasteiger partial charge in [0.2, 0.25) is 0 Å². The molecule has 2 atom stereocenters. The van der Waals surface area contributed by atoms with Crippen LogP contribution in [0.3, 0.4) is 0 Å². The van der Waals surface area contributed by atoms with Crippen molar-refractivity contribution in [3.8, 4) is 5.75 Å². The van der Waals surface area contributed by atoms with Crippen molar-refractivity contribution in [2.75, 3.05) is 26.1 Å². The molecule has 4 aromatic rings. The number of nitrogens with one attached hydrogen (secondary N) is 1. The third-order valence-corrected chi connectivity index (χ3v) is 7.12. The smallest absolute Gasteiger partial charge is 0.129 e. The summed E-state index contributed by atoms with van der Waals surface area (Å²) in [6.07, 6.45) is 0. The molecule has 0 aromatic heterocycles. The first kappa shape index (κ1) is 25.5. The first-order chi connectivity index (χ1) is 18.3. The van der Waals surface area contributed by atoms with Crippen molar-refractivity contribution in [3.05, 3.63) is 131 Å². The number of amidine groups is 1. The van der Waals surface area contributed by atoms with Crippen molar-refractivity contribution in [1.82, 2.24) is 5.32 Å². The van der Waals surface area contributed by atoms with E-state index in [0.717, 1.165) is 28.0 Å². The average Bonchev–Trinajstić information content (AvgIpc) is 2.94. The molecule has 3 N–H and O–H groups in total. The van der Waals surface area contributed by atoms with Gasteiger partial charge in [-0.05, 0) is 60.9 Å². The first-order valence-corrected chi connectivity index (χ1v) is 12.6. The summed E-state index contributed by atoms with van der Waals surface area (Å²) >= 11 is 0. The molecule has 1 heterocycles. The average molecular weight is 510 g/mol. The van der Waals surface area contributed by atoms with Crippen LogP contribution in [0.5, 0.6) is 5.75 Å². The molecule has 0 spiro atoms. The standard InChI is InChI=1S/C32H32FN3O2/c1-22-9-11-24(12-10-22)32(23-7-5-4-6-8-23,25-13-16-27(37-3)17-14-25)36-30-20-38-21-31(2,35-30)28-19-26(34)15-18-29(28)33/h4-19H,20-21,34H2,1-3H3,(H,35,36)/t31-,32?/m0/s1. The van der Waals surface area contributed by atoms with Crippen LogP contribution in [0, 0.1) is 12.7 Å². The van der Waals surface area contributed by atoms with E-state index >= 15 is 0 Å². The highest BCUT2D eigenvalue weighted by molar-refractivity contribution is 5.87. The molecule has 0 saturated carbocycles. The zero-order chi connectivity index (χ0) is 26.8. The molecule has 1 unspecified atom stereocenters. The van der Waals surface area contributed by atoms with Crippen LogP contribution in [0.25, 0.3) is 0 Å². The molecule has 0 fully saturated rings. The van der Waals surface area contributed by atoms with Crippen molar-refractivity contribution < 1.29 is 13.9 Å². The topological polar surface area (TPSA) is 68.9 Å². The van der Waals surface area contributed by atoms with E-state index < -0.39 is 11.1 Å². The summed E-state index contributed by atoms with van der Waals surface area (Å²) in [5.74, 6) is 1.02. The molecule has 6 heteroatoms. The van der Waals surface area contributed by atoms with Gasteiger partial charge in [0.15, 0.2) is 0 Å². The SMILES string of the molecule is COc1ccc(C(NC2=N[C@](C)(c3cc(N)ccc3F)COC2)(c2ccccc2)c2ccc(C)cc2)cc1. The molecule has 0 radical (unpaired) electrons. The van der Waals surface area contributed by atoms with Crippen molar-refractivity contribution in [2.24, 2.45) is 4.99 Å². The molecule has 0 bridgehead atoms. The van der Waals surface area contributed by atoms with Gasteiger partial charge in [-0.15, -0.1) is 0 Å². The van der Waals surface area contributed by atoms with Gasteiger partial charge in [0, 0.05) is 11.3 Å². The van der Waals surface area contributed by atoms with Crippen molar-refractivity contribution in [2.45, 2.75) is 24.9 Å². The fourth-order valence-electron chi connectivity index (χ4n) is 5.13. The fourth-order valence-corrected chi connectivity index (χ4v) is 5.13. The highest BCUT2D eigenvalue weighted by Gasteiger charge is 2.40. The van der Waals surface area contributed by atoms with Crippen LogP contribution in [0.15, 0.2) is 102 Å². The molecule has 38 heavy (non-hydrogen) atoms. The summed E-state index contributed by atoms with van der Waals surface area (Å²) in [7, 11) is 1.65. The number of nitrogens with zero attached hydrogens (tertiary/aromatic N) is 1. The number of hydrogen-bond acceptors (Lipinski definition) is 5. The lowest BCUT2D eigenvalue weighted by Gasteiger charge is -2.40. The Morgan fingerprint density at radius 1 is 0.921 bits per heavy atom. The van der Waals surface area contributed by atoms with Crippen molar-refractivity contribution >= 4 is 11.5 Å². The van der Waals surface area contributed by atoms with E-state index in [9.17, 15) is 4.39 Å². The maximum Gasteiger partial charge on any atom is 0.129 e. The number of ether oxygens (including phenoxy) is 2. The van der Waals surface area contributed by atoms with Crippen LogP contribution in [0.2, 0.25) is 0 Å². The van der Waals surface area contributed by atoms with Gasteiger partial charge >= 0.3 is 0 Å². The lowest BCUT2D eigenvalue weighted by atomic mass is 9.76. The minimum atomic E-state index is -0.949. The zero-order valence-electron chi connectivity index (χ0n) is 21.9. The van der Waals surface area contributed by atoms with Crippen LogP contribution < -0.4 is 15.8 Å². The molecule has 0 saturated heterocycles. The van der Waals surface area contributed by atoms with Gasteiger partial charge < -0.3 is 20.5 Å². The monoisotopic (exact) mass is 509 g/mol. The summed E-state index contributed by atoms with van der Waals surface area (Å²) < 4.78 is 26.4. The molecule has 4 aromatic carbocycles. The molecule has 0 aliphatic carbocycles. The Kier molecular flexibility index (Phi) is 6.91. The number of nitrogen functional groups attached to an aromatic ring is 1. The van der Waals surface area contributed by atoms with Gasteiger partial charge in [0.1, 0.15) is 35.1 Å². The third-order valence-electron chi connectivity index (χ3n) is 7.12. The van der Waals surface area contributed by atoms with Crippen LogP contribution in [0.4, 0.5) is 10.1 Å². The Balaban J connectivity index is 1.71. The zero-order valence-corrected chi connectivity index (χ0v) is 21.9. The van der Waals surface area contributed by atoms with Crippen molar-refractivity contribution in [1.29, 1.82) is 0 Å². The molecule has 1 aliphatic heterocycles. The number of aryl methyl sites for hydroxylation is 1. The van der Waals surface area contributed by atoms with E-state index in [4.69, 9.17) is 20.2 Å². The van der Waals surface area contributed by atoms with Crippen LogP contribution in [0.1, 0.15) is 34.7 Å². The minimum absolute atomic E-state index is 0.240. The highest BCUT2D eigenvalue weighted by Crippen LogP contribution is 2.39. The molecular formula is C32H32FN3O2. The van der Waals surface area contributed by atoms with Gasteiger partial charge in [0.25, 0.3) is 0 Å². The Morgan fingerprint density at radius 2 is 1.55 bits per heavy atom. The Labute approximate surface area is 223 Å². The summed E-state index contributed by atoms with van der Waals surface area (Å²) in [6, 6.07) is 31.3. The number of rotatable bonds is 6. The van der Waals surface area contributed by atoms with E-state index in [1.807, 2.05) is 37.3 Å².